The molecule has 0 aromatic carbocycles. The zero-order valence-electron chi connectivity index (χ0n) is 10.9. The summed E-state index contributed by atoms with van der Waals surface area (Å²) in [6, 6.07) is 0. The summed E-state index contributed by atoms with van der Waals surface area (Å²) in [5.41, 5.74) is 0.391. The van der Waals surface area contributed by atoms with Crippen molar-refractivity contribution in [2.45, 2.75) is 19.8 Å². The molecule has 100 valence electrons. The van der Waals surface area contributed by atoms with E-state index in [0.717, 1.165) is 5.69 Å². The zero-order chi connectivity index (χ0) is 13.8. The number of nitrogens with zero attached hydrogens (tertiary/aromatic N) is 4. The monoisotopic (exact) mass is 262 g/mol. The van der Waals surface area contributed by atoms with Gasteiger partial charge < -0.3 is 14.2 Å². The Labute approximate surface area is 109 Å². The van der Waals surface area contributed by atoms with Crippen molar-refractivity contribution in [1.29, 1.82) is 0 Å². The average molecular weight is 262 g/mol. The molecule has 1 fully saturated rings. The highest BCUT2D eigenvalue weighted by atomic mass is 16.5. The van der Waals surface area contributed by atoms with Gasteiger partial charge in [-0.15, -0.1) is 0 Å². The van der Waals surface area contributed by atoms with Gasteiger partial charge >= 0.3 is 5.97 Å². The Hall–Kier alpha value is -2.18. The summed E-state index contributed by atoms with van der Waals surface area (Å²) in [5, 5.41) is 13.1. The highest BCUT2D eigenvalue weighted by Gasteiger charge is 2.65. The SMILES string of the molecule is Cn1cncc1-c1noc(C2C(C(=O)O)C2(C)C)n1. The van der Waals surface area contributed by atoms with Crippen molar-refractivity contribution in [3.63, 3.8) is 0 Å². The highest BCUT2D eigenvalue weighted by molar-refractivity contribution is 5.77. The van der Waals surface area contributed by atoms with Crippen LogP contribution in [0.5, 0.6) is 0 Å². The summed E-state index contributed by atoms with van der Waals surface area (Å²) in [7, 11) is 1.83. The van der Waals surface area contributed by atoms with Gasteiger partial charge in [-0.05, 0) is 5.41 Å². The summed E-state index contributed by atoms with van der Waals surface area (Å²) >= 11 is 0. The molecule has 0 aliphatic heterocycles. The second-order valence-corrected chi connectivity index (χ2v) is 5.46. The molecule has 0 amide bonds. The Morgan fingerprint density at radius 1 is 1.53 bits per heavy atom. The molecule has 2 heterocycles. The molecule has 1 aliphatic carbocycles. The first-order chi connectivity index (χ1) is 8.93. The van der Waals surface area contributed by atoms with E-state index in [0.29, 0.717) is 11.7 Å². The normalized spacial score (nSPS) is 24.4. The van der Waals surface area contributed by atoms with Crippen LogP contribution in [0.25, 0.3) is 11.5 Å². The first kappa shape index (κ1) is 11.9. The standard InChI is InChI=1S/C12H14N4O3/c1-12(2)7(8(12)11(17)18)10-14-9(15-19-10)6-4-13-5-16(6)3/h4-5,7-8H,1-3H3,(H,17,18). The third-order valence-electron chi connectivity index (χ3n) is 3.85. The number of hydrogen-bond donors (Lipinski definition) is 1. The highest BCUT2D eigenvalue weighted by Crippen LogP contribution is 2.64. The summed E-state index contributed by atoms with van der Waals surface area (Å²) < 4.78 is 7.00. The zero-order valence-corrected chi connectivity index (χ0v) is 10.9. The summed E-state index contributed by atoms with van der Waals surface area (Å²) in [4.78, 5) is 19.4. The molecule has 3 rings (SSSR count). The minimum atomic E-state index is -0.824. The van der Waals surface area contributed by atoms with Crippen LogP contribution in [0.4, 0.5) is 0 Å². The Kier molecular flexibility index (Phi) is 2.29. The van der Waals surface area contributed by atoms with Gasteiger partial charge in [-0.1, -0.05) is 19.0 Å². The Morgan fingerprint density at radius 3 is 2.79 bits per heavy atom. The maximum Gasteiger partial charge on any atom is 0.307 e. The lowest BCUT2D eigenvalue weighted by atomic mass is 10.1. The van der Waals surface area contributed by atoms with E-state index >= 15 is 0 Å². The molecular formula is C12H14N4O3. The Morgan fingerprint density at radius 2 is 2.26 bits per heavy atom. The van der Waals surface area contributed by atoms with Crippen molar-refractivity contribution < 1.29 is 14.4 Å². The van der Waals surface area contributed by atoms with E-state index in [1.54, 1.807) is 17.1 Å². The van der Waals surface area contributed by atoms with Crippen LogP contribution in [-0.2, 0) is 11.8 Å². The van der Waals surface area contributed by atoms with Crippen LogP contribution in [0.3, 0.4) is 0 Å². The van der Waals surface area contributed by atoms with Crippen LogP contribution in [0.2, 0.25) is 0 Å². The molecule has 7 heteroatoms. The summed E-state index contributed by atoms with van der Waals surface area (Å²) in [5.74, 6) is -0.697. The molecule has 19 heavy (non-hydrogen) atoms. The molecular weight excluding hydrogens is 248 g/mol. The molecule has 0 spiro atoms. The average Bonchev–Trinajstić information content (AvgIpc) is 2.75. The number of carboxylic acids is 1. The fourth-order valence-electron chi connectivity index (χ4n) is 2.60. The number of rotatable bonds is 3. The minimum Gasteiger partial charge on any atom is -0.481 e. The smallest absolute Gasteiger partial charge is 0.307 e. The third kappa shape index (κ3) is 1.65. The molecule has 2 aromatic heterocycles. The molecule has 1 saturated carbocycles. The number of aromatic nitrogens is 4. The Balaban J connectivity index is 1.92. The number of imidazole rings is 1. The first-order valence-corrected chi connectivity index (χ1v) is 5.96. The molecule has 2 atom stereocenters. The predicted molar refractivity (Wildman–Crippen MR) is 64.1 cm³/mol. The maximum atomic E-state index is 11.1. The van der Waals surface area contributed by atoms with Crippen molar-refractivity contribution in [1.82, 2.24) is 19.7 Å². The van der Waals surface area contributed by atoms with Gasteiger partial charge in [-0.2, -0.15) is 4.98 Å². The van der Waals surface area contributed by atoms with Crippen molar-refractivity contribution in [2.24, 2.45) is 18.4 Å². The van der Waals surface area contributed by atoms with Crippen LogP contribution >= 0.6 is 0 Å². The number of carbonyl (C=O) groups is 1. The molecule has 1 aliphatic rings. The van der Waals surface area contributed by atoms with Gasteiger partial charge in [0.1, 0.15) is 5.69 Å². The third-order valence-corrected chi connectivity index (χ3v) is 3.85. The number of aryl methyl sites for hydroxylation is 1. The molecule has 0 saturated heterocycles. The Bertz CT molecular complexity index is 643. The summed E-state index contributed by atoms with van der Waals surface area (Å²) in [6.07, 6.45) is 3.29. The van der Waals surface area contributed by atoms with E-state index < -0.39 is 11.9 Å². The van der Waals surface area contributed by atoms with Crippen LogP contribution in [0.15, 0.2) is 17.0 Å². The molecule has 7 nitrogen and oxygen atoms in total. The van der Waals surface area contributed by atoms with Gasteiger partial charge in [0.25, 0.3) is 0 Å². The van der Waals surface area contributed by atoms with Gasteiger partial charge in [0.2, 0.25) is 11.7 Å². The van der Waals surface area contributed by atoms with Gasteiger partial charge in [0, 0.05) is 7.05 Å². The number of aliphatic carboxylic acids is 1. The van der Waals surface area contributed by atoms with Crippen molar-refractivity contribution in [2.75, 3.05) is 0 Å². The van der Waals surface area contributed by atoms with Gasteiger partial charge in [-0.25, -0.2) is 4.98 Å². The van der Waals surface area contributed by atoms with Crippen molar-refractivity contribution >= 4 is 5.97 Å². The molecule has 1 N–H and O–H groups in total. The van der Waals surface area contributed by atoms with E-state index in [1.165, 1.54) is 0 Å². The second kappa shape index (κ2) is 3.66. The molecule has 0 bridgehead atoms. The molecule has 2 unspecified atom stereocenters. The van der Waals surface area contributed by atoms with E-state index in [4.69, 9.17) is 9.63 Å². The van der Waals surface area contributed by atoms with Gasteiger partial charge in [-0.3, -0.25) is 4.79 Å². The van der Waals surface area contributed by atoms with Gasteiger partial charge in [0.05, 0.1) is 24.4 Å². The molecule has 0 radical (unpaired) electrons. The number of carboxylic acid groups (broad SMARTS) is 1. The first-order valence-electron chi connectivity index (χ1n) is 5.96. The van der Waals surface area contributed by atoms with Crippen LogP contribution in [-0.4, -0.2) is 30.8 Å². The largest absolute Gasteiger partial charge is 0.481 e. The van der Waals surface area contributed by atoms with Gasteiger partial charge in [0.15, 0.2) is 0 Å². The summed E-state index contributed by atoms with van der Waals surface area (Å²) in [6.45, 7) is 3.79. The van der Waals surface area contributed by atoms with Crippen molar-refractivity contribution in [3.8, 4) is 11.5 Å². The molecule has 2 aromatic rings. The van der Waals surface area contributed by atoms with E-state index in [2.05, 4.69) is 15.1 Å². The van der Waals surface area contributed by atoms with E-state index in [-0.39, 0.29) is 11.3 Å². The minimum absolute atomic E-state index is 0.223. The maximum absolute atomic E-state index is 11.1. The predicted octanol–water partition coefficient (Wildman–Crippen LogP) is 1.29. The number of hydrogen-bond acceptors (Lipinski definition) is 5. The van der Waals surface area contributed by atoms with E-state index in [1.807, 2.05) is 20.9 Å². The fraction of sp³-hybridized carbons (Fsp3) is 0.500. The van der Waals surface area contributed by atoms with Crippen LogP contribution in [0, 0.1) is 11.3 Å². The lowest BCUT2D eigenvalue weighted by Gasteiger charge is -1.96. The topological polar surface area (TPSA) is 94.0 Å². The van der Waals surface area contributed by atoms with E-state index in [9.17, 15) is 4.79 Å². The van der Waals surface area contributed by atoms with Crippen LogP contribution < -0.4 is 0 Å². The lowest BCUT2D eigenvalue weighted by Crippen LogP contribution is -2.03. The van der Waals surface area contributed by atoms with Crippen LogP contribution in [0.1, 0.15) is 25.7 Å². The lowest BCUT2D eigenvalue weighted by molar-refractivity contribution is -0.139. The quantitative estimate of drug-likeness (QED) is 0.895. The second-order valence-electron chi connectivity index (χ2n) is 5.46. The fourth-order valence-corrected chi connectivity index (χ4v) is 2.60. The van der Waals surface area contributed by atoms with Crippen molar-refractivity contribution in [3.05, 3.63) is 18.4 Å².